The first-order valence-corrected chi connectivity index (χ1v) is 5.90. The number of nitrogens with two attached hydrogens (primary N) is 1. The maximum atomic E-state index is 11.0. The highest BCUT2D eigenvalue weighted by Crippen LogP contribution is 2.29. The van der Waals surface area contributed by atoms with E-state index in [0.717, 1.165) is 21.8 Å². The number of hydrogen-bond donors (Lipinski definition) is 2. The van der Waals surface area contributed by atoms with Crippen LogP contribution in [0.5, 0.6) is 0 Å². The molecule has 2 aromatic heterocycles. The molecule has 0 amide bonds. The van der Waals surface area contributed by atoms with Crippen LogP contribution in [0.25, 0.3) is 21.8 Å². The van der Waals surface area contributed by atoms with Gasteiger partial charge in [0.1, 0.15) is 6.04 Å². The molecule has 3 N–H and O–H groups in total. The quantitative estimate of drug-likeness (QED) is 0.731. The van der Waals surface area contributed by atoms with Crippen molar-refractivity contribution in [2.45, 2.75) is 6.04 Å². The van der Waals surface area contributed by atoms with Crippen molar-refractivity contribution >= 4 is 27.8 Å². The molecular weight excluding hydrogens is 242 g/mol. The third kappa shape index (κ3) is 1.67. The Morgan fingerprint density at radius 2 is 2.11 bits per heavy atom. The topological polar surface area (TPSA) is 81.1 Å². The zero-order chi connectivity index (χ0) is 13.6. The Morgan fingerprint density at radius 1 is 1.32 bits per heavy atom. The number of hydrogen-bond acceptors (Lipinski definition) is 3. The Labute approximate surface area is 109 Å². The summed E-state index contributed by atoms with van der Waals surface area (Å²) in [5.41, 5.74) is 8.27. The molecule has 2 heterocycles. The average molecular weight is 255 g/mol. The number of nitrogens with zero attached hydrogens (tertiary/aromatic N) is 2. The van der Waals surface area contributed by atoms with Crippen molar-refractivity contribution in [3.63, 3.8) is 0 Å². The minimum atomic E-state index is -1.03. The first kappa shape index (κ1) is 11.7. The number of fused-ring (bicyclic) bond motifs is 3. The molecule has 5 nitrogen and oxygen atoms in total. The summed E-state index contributed by atoms with van der Waals surface area (Å²) in [6.07, 6.45) is 3.56. The number of aromatic nitrogens is 2. The monoisotopic (exact) mass is 255 g/mol. The summed E-state index contributed by atoms with van der Waals surface area (Å²) in [6.45, 7) is 0. The smallest absolute Gasteiger partial charge is 0.325 e. The van der Waals surface area contributed by atoms with Gasteiger partial charge in [-0.1, -0.05) is 12.1 Å². The van der Waals surface area contributed by atoms with Crippen LogP contribution < -0.4 is 5.73 Å². The van der Waals surface area contributed by atoms with E-state index < -0.39 is 12.0 Å². The molecule has 1 atom stereocenters. The minimum Gasteiger partial charge on any atom is -0.480 e. The van der Waals surface area contributed by atoms with E-state index in [1.807, 2.05) is 36.0 Å². The van der Waals surface area contributed by atoms with Crippen LogP contribution in [0.4, 0.5) is 0 Å². The molecule has 19 heavy (non-hydrogen) atoms. The van der Waals surface area contributed by atoms with Crippen LogP contribution in [0.1, 0.15) is 11.6 Å². The van der Waals surface area contributed by atoms with Crippen LogP contribution in [-0.2, 0) is 11.8 Å². The van der Waals surface area contributed by atoms with Crippen LogP contribution in [0.3, 0.4) is 0 Å². The summed E-state index contributed by atoms with van der Waals surface area (Å²) < 4.78 is 2.02. The standard InChI is InChI=1S/C14H13N3O2/c1-17-11-4-5-16-7-10(11)9-3-2-8(6-12(9)17)13(15)14(18)19/h2-7,13H,15H2,1H3,(H,18,19). The second kappa shape index (κ2) is 4.07. The maximum Gasteiger partial charge on any atom is 0.325 e. The predicted octanol–water partition coefficient (Wildman–Crippen LogP) is 1.81. The lowest BCUT2D eigenvalue weighted by Gasteiger charge is -2.07. The molecule has 3 rings (SSSR count). The van der Waals surface area contributed by atoms with E-state index in [0.29, 0.717) is 5.56 Å². The predicted molar refractivity (Wildman–Crippen MR) is 72.8 cm³/mol. The van der Waals surface area contributed by atoms with Crippen molar-refractivity contribution in [2.24, 2.45) is 12.8 Å². The number of aliphatic carboxylic acids is 1. The van der Waals surface area contributed by atoms with Gasteiger partial charge in [0.05, 0.1) is 5.52 Å². The van der Waals surface area contributed by atoms with Crippen LogP contribution in [-0.4, -0.2) is 20.6 Å². The van der Waals surface area contributed by atoms with Crippen LogP contribution in [0.15, 0.2) is 36.7 Å². The van der Waals surface area contributed by atoms with Crippen molar-refractivity contribution in [3.05, 3.63) is 42.2 Å². The first-order chi connectivity index (χ1) is 9.09. The van der Waals surface area contributed by atoms with Crippen molar-refractivity contribution in [1.82, 2.24) is 9.55 Å². The van der Waals surface area contributed by atoms with Gasteiger partial charge in [0.25, 0.3) is 0 Å². The summed E-state index contributed by atoms with van der Waals surface area (Å²) in [4.78, 5) is 15.1. The second-order valence-electron chi connectivity index (χ2n) is 4.54. The minimum absolute atomic E-state index is 0.596. The number of rotatable bonds is 2. The molecule has 1 aromatic carbocycles. The highest BCUT2D eigenvalue weighted by Gasteiger charge is 2.16. The number of aryl methyl sites for hydroxylation is 1. The summed E-state index contributed by atoms with van der Waals surface area (Å²) in [5.74, 6) is -1.03. The summed E-state index contributed by atoms with van der Waals surface area (Å²) >= 11 is 0. The zero-order valence-corrected chi connectivity index (χ0v) is 10.4. The first-order valence-electron chi connectivity index (χ1n) is 5.90. The summed E-state index contributed by atoms with van der Waals surface area (Å²) in [7, 11) is 1.95. The van der Waals surface area contributed by atoms with Crippen LogP contribution >= 0.6 is 0 Å². The SMILES string of the molecule is Cn1c2ccncc2c2ccc(C(N)C(=O)O)cc21. The van der Waals surface area contributed by atoms with Crippen molar-refractivity contribution in [1.29, 1.82) is 0 Å². The van der Waals surface area contributed by atoms with Gasteiger partial charge in [0.15, 0.2) is 0 Å². The Kier molecular flexibility index (Phi) is 2.50. The molecule has 0 aliphatic rings. The lowest BCUT2D eigenvalue weighted by Crippen LogP contribution is -2.20. The Balaban J connectivity index is 2.32. The Morgan fingerprint density at radius 3 is 2.84 bits per heavy atom. The summed E-state index contributed by atoms with van der Waals surface area (Å²) in [6, 6.07) is 6.42. The number of carboxylic acid groups (broad SMARTS) is 1. The van der Waals surface area contributed by atoms with E-state index in [1.165, 1.54) is 0 Å². The molecule has 1 unspecified atom stereocenters. The van der Waals surface area contributed by atoms with E-state index in [4.69, 9.17) is 10.8 Å². The second-order valence-corrected chi connectivity index (χ2v) is 4.54. The van der Waals surface area contributed by atoms with E-state index >= 15 is 0 Å². The number of carboxylic acids is 1. The third-order valence-electron chi connectivity index (χ3n) is 3.46. The molecule has 3 aromatic rings. The van der Waals surface area contributed by atoms with Gasteiger partial charge >= 0.3 is 5.97 Å². The van der Waals surface area contributed by atoms with Crippen molar-refractivity contribution < 1.29 is 9.90 Å². The van der Waals surface area contributed by atoms with Gasteiger partial charge in [-0.2, -0.15) is 0 Å². The van der Waals surface area contributed by atoms with Gasteiger partial charge in [-0.15, -0.1) is 0 Å². The zero-order valence-electron chi connectivity index (χ0n) is 10.4. The van der Waals surface area contributed by atoms with Gasteiger partial charge < -0.3 is 15.4 Å². The maximum absolute atomic E-state index is 11.0. The van der Waals surface area contributed by atoms with Gasteiger partial charge in [0.2, 0.25) is 0 Å². The van der Waals surface area contributed by atoms with Crippen molar-refractivity contribution in [2.75, 3.05) is 0 Å². The molecule has 0 bridgehead atoms. The molecule has 0 saturated heterocycles. The molecule has 96 valence electrons. The Hall–Kier alpha value is -2.40. The van der Waals surface area contributed by atoms with Gasteiger partial charge in [-0.3, -0.25) is 9.78 Å². The average Bonchev–Trinajstić information content (AvgIpc) is 2.72. The van der Waals surface area contributed by atoms with Crippen LogP contribution in [0.2, 0.25) is 0 Å². The fourth-order valence-electron chi connectivity index (χ4n) is 2.41. The third-order valence-corrected chi connectivity index (χ3v) is 3.46. The molecule has 0 aliphatic carbocycles. The lowest BCUT2D eigenvalue weighted by atomic mass is 10.1. The molecule has 0 spiro atoms. The number of carbonyl (C=O) groups is 1. The van der Waals surface area contributed by atoms with E-state index in [2.05, 4.69) is 4.98 Å². The summed E-state index contributed by atoms with van der Waals surface area (Å²) in [5, 5.41) is 11.1. The molecule has 0 aliphatic heterocycles. The number of benzene rings is 1. The fraction of sp³-hybridized carbons (Fsp3) is 0.143. The normalized spacial score (nSPS) is 12.9. The highest BCUT2D eigenvalue weighted by atomic mass is 16.4. The number of pyridine rings is 1. The fourth-order valence-corrected chi connectivity index (χ4v) is 2.41. The molecule has 5 heteroatoms. The molecule has 0 radical (unpaired) electrons. The van der Waals surface area contributed by atoms with E-state index in [1.54, 1.807) is 12.3 Å². The van der Waals surface area contributed by atoms with Gasteiger partial charge in [0, 0.05) is 35.7 Å². The molecule has 0 saturated carbocycles. The molecular formula is C14H13N3O2. The highest BCUT2D eigenvalue weighted by molar-refractivity contribution is 6.07. The Bertz CT molecular complexity index is 792. The largest absolute Gasteiger partial charge is 0.480 e. The lowest BCUT2D eigenvalue weighted by molar-refractivity contribution is -0.138. The van der Waals surface area contributed by atoms with Gasteiger partial charge in [-0.25, -0.2) is 0 Å². The van der Waals surface area contributed by atoms with Gasteiger partial charge in [-0.05, 0) is 17.7 Å². The van der Waals surface area contributed by atoms with E-state index in [9.17, 15) is 4.79 Å². The van der Waals surface area contributed by atoms with Crippen LogP contribution in [0, 0.1) is 0 Å². The van der Waals surface area contributed by atoms with Crippen molar-refractivity contribution in [3.8, 4) is 0 Å². The van der Waals surface area contributed by atoms with E-state index in [-0.39, 0.29) is 0 Å². The molecule has 0 fully saturated rings.